The first-order valence-electron chi connectivity index (χ1n) is 9.64. The fraction of sp³-hybridized carbons (Fsp3) is 0.455. The van der Waals surface area contributed by atoms with Crippen LogP contribution in [0.2, 0.25) is 5.02 Å². The van der Waals surface area contributed by atoms with Gasteiger partial charge in [-0.25, -0.2) is 0 Å². The number of rotatable bonds is 7. The fourth-order valence-electron chi connectivity index (χ4n) is 3.81. The molecule has 0 bridgehead atoms. The van der Waals surface area contributed by atoms with Crippen LogP contribution in [0.1, 0.15) is 31.4 Å². The zero-order valence-corrected chi connectivity index (χ0v) is 16.3. The molecule has 1 N–H and O–H groups in total. The quantitative estimate of drug-likeness (QED) is 0.777. The SMILES string of the molecule is CCCC(c1ccc(-c2ccc(Cl)cc2)cc1)N1CCN(CCO)CC1. The molecule has 0 aliphatic carbocycles. The second-order valence-corrected chi connectivity index (χ2v) is 7.47. The van der Waals surface area contributed by atoms with Crippen LogP contribution >= 0.6 is 11.6 Å². The molecule has 4 heteroatoms. The van der Waals surface area contributed by atoms with E-state index in [9.17, 15) is 0 Å². The molecule has 3 nitrogen and oxygen atoms in total. The van der Waals surface area contributed by atoms with E-state index in [2.05, 4.69) is 53.1 Å². The monoisotopic (exact) mass is 372 g/mol. The lowest BCUT2D eigenvalue weighted by Gasteiger charge is -2.39. The van der Waals surface area contributed by atoms with Crippen LogP contribution in [0.3, 0.4) is 0 Å². The molecule has 1 heterocycles. The van der Waals surface area contributed by atoms with Gasteiger partial charge in [-0.1, -0.05) is 61.3 Å². The second kappa shape index (κ2) is 9.52. The molecule has 1 aliphatic rings. The van der Waals surface area contributed by atoms with E-state index < -0.39 is 0 Å². The molecule has 2 aromatic rings. The van der Waals surface area contributed by atoms with Crippen molar-refractivity contribution in [3.8, 4) is 11.1 Å². The van der Waals surface area contributed by atoms with Gasteiger partial charge in [0.05, 0.1) is 6.61 Å². The lowest BCUT2D eigenvalue weighted by Crippen LogP contribution is -2.48. The molecule has 0 spiro atoms. The molecule has 0 saturated carbocycles. The second-order valence-electron chi connectivity index (χ2n) is 7.03. The van der Waals surface area contributed by atoms with Gasteiger partial charge < -0.3 is 5.11 Å². The average molecular weight is 373 g/mol. The third kappa shape index (κ3) is 4.86. The summed E-state index contributed by atoms with van der Waals surface area (Å²) in [5.74, 6) is 0. The molecule has 0 radical (unpaired) electrons. The van der Waals surface area contributed by atoms with Crippen molar-refractivity contribution in [2.75, 3.05) is 39.3 Å². The number of aliphatic hydroxyl groups is 1. The third-order valence-electron chi connectivity index (χ3n) is 5.30. The minimum Gasteiger partial charge on any atom is -0.395 e. The number of halogens is 1. The van der Waals surface area contributed by atoms with E-state index in [0.29, 0.717) is 6.04 Å². The van der Waals surface area contributed by atoms with Gasteiger partial charge in [-0.05, 0) is 35.2 Å². The number of benzene rings is 2. The van der Waals surface area contributed by atoms with Crippen LogP contribution < -0.4 is 0 Å². The van der Waals surface area contributed by atoms with Crippen molar-refractivity contribution < 1.29 is 5.11 Å². The Kier molecular flexibility index (Phi) is 7.09. The Morgan fingerprint density at radius 1 is 0.923 bits per heavy atom. The van der Waals surface area contributed by atoms with Gasteiger partial charge in [0, 0.05) is 43.8 Å². The van der Waals surface area contributed by atoms with E-state index in [0.717, 1.165) is 37.7 Å². The van der Waals surface area contributed by atoms with Gasteiger partial charge in [0.2, 0.25) is 0 Å². The molecular formula is C22H29ClN2O. The highest BCUT2D eigenvalue weighted by atomic mass is 35.5. The van der Waals surface area contributed by atoms with E-state index in [1.165, 1.54) is 29.5 Å². The van der Waals surface area contributed by atoms with Crippen molar-refractivity contribution in [1.29, 1.82) is 0 Å². The number of aliphatic hydroxyl groups excluding tert-OH is 1. The Balaban J connectivity index is 1.71. The summed E-state index contributed by atoms with van der Waals surface area (Å²) in [6.07, 6.45) is 2.36. The predicted molar refractivity (Wildman–Crippen MR) is 110 cm³/mol. The molecule has 1 fully saturated rings. The zero-order valence-electron chi connectivity index (χ0n) is 15.6. The highest BCUT2D eigenvalue weighted by Gasteiger charge is 2.24. The molecule has 1 unspecified atom stereocenters. The molecular weight excluding hydrogens is 344 g/mol. The van der Waals surface area contributed by atoms with Crippen LogP contribution in [0, 0.1) is 0 Å². The molecule has 1 aliphatic heterocycles. The van der Waals surface area contributed by atoms with Crippen LogP contribution in [-0.4, -0.2) is 54.2 Å². The normalized spacial score (nSPS) is 17.3. The summed E-state index contributed by atoms with van der Waals surface area (Å²) in [6, 6.07) is 17.5. The van der Waals surface area contributed by atoms with Gasteiger partial charge in [0.1, 0.15) is 0 Å². The summed E-state index contributed by atoms with van der Waals surface area (Å²) in [6.45, 7) is 7.55. The van der Waals surface area contributed by atoms with Crippen LogP contribution in [0.5, 0.6) is 0 Å². The zero-order chi connectivity index (χ0) is 18.4. The summed E-state index contributed by atoms with van der Waals surface area (Å²) in [5, 5.41) is 9.90. The largest absolute Gasteiger partial charge is 0.395 e. The van der Waals surface area contributed by atoms with Crippen molar-refractivity contribution in [2.24, 2.45) is 0 Å². The molecule has 2 aromatic carbocycles. The van der Waals surface area contributed by atoms with E-state index in [1.54, 1.807) is 0 Å². The van der Waals surface area contributed by atoms with Crippen molar-refractivity contribution in [3.05, 3.63) is 59.1 Å². The molecule has 0 aromatic heterocycles. The first-order chi connectivity index (χ1) is 12.7. The van der Waals surface area contributed by atoms with Crippen LogP contribution in [0.15, 0.2) is 48.5 Å². The van der Waals surface area contributed by atoms with Crippen LogP contribution in [-0.2, 0) is 0 Å². The van der Waals surface area contributed by atoms with Gasteiger partial charge in [0.15, 0.2) is 0 Å². The van der Waals surface area contributed by atoms with Crippen LogP contribution in [0.4, 0.5) is 0 Å². The number of piperazine rings is 1. The number of hydrogen-bond donors (Lipinski definition) is 1. The molecule has 1 saturated heterocycles. The lowest BCUT2D eigenvalue weighted by atomic mass is 9.96. The van der Waals surface area contributed by atoms with Crippen molar-refractivity contribution in [1.82, 2.24) is 9.80 Å². The van der Waals surface area contributed by atoms with Gasteiger partial charge in [-0.2, -0.15) is 0 Å². The lowest BCUT2D eigenvalue weighted by molar-refractivity contribution is 0.0799. The van der Waals surface area contributed by atoms with E-state index in [1.807, 2.05) is 12.1 Å². The van der Waals surface area contributed by atoms with E-state index in [-0.39, 0.29) is 6.61 Å². The fourth-order valence-corrected chi connectivity index (χ4v) is 3.94. The van der Waals surface area contributed by atoms with Crippen molar-refractivity contribution >= 4 is 11.6 Å². The van der Waals surface area contributed by atoms with E-state index in [4.69, 9.17) is 16.7 Å². The standard InChI is InChI=1S/C22H29ClN2O/c1-2-3-22(25-14-12-24(13-15-25)16-17-26)20-6-4-18(5-7-20)19-8-10-21(23)11-9-19/h4-11,22,26H,2-3,12-17H2,1H3. The summed E-state index contributed by atoms with van der Waals surface area (Å²) in [7, 11) is 0. The summed E-state index contributed by atoms with van der Waals surface area (Å²) in [4.78, 5) is 4.96. The van der Waals surface area contributed by atoms with Gasteiger partial charge >= 0.3 is 0 Å². The minimum atomic E-state index is 0.255. The Morgan fingerprint density at radius 3 is 2.04 bits per heavy atom. The topological polar surface area (TPSA) is 26.7 Å². The number of nitrogens with zero attached hydrogens (tertiary/aromatic N) is 2. The Morgan fingerprint density at radius 2 is 1.50 bits per heavy atom. The summed E-state index contributed by atoms with van der Waals surface area (Å²) in [5.41, 5.74) is 3.83. The molecule has 0 amide bonds. The molecule has 3 rings (SSSR count). The highest BCUT2D eigenvalue weighted by molar-refractivity contribution is 6.30. The van der Waals surface area contributed by atoms with Crippen molar-refractivity contribution in [3.63, 3.8) is 0 Å². The average Bonchev–Trinajstić information content (AvgIpc) is 2.68. The Bertz CT molecular complexity index is 664. The van der Waals surface area contributed by atoms with Gasteiger partial charge in [-0.3, -0.25) is 9.80 Å². The highest BCUT2D eigenvalue weighted by Crippen LogP contribution is 2.29. The number of hydrogen-bond acceptors (Lipinski definition) is 3. The van der Waals surface area contributed by atoms with E-state index >= 15 is 0 Å². The number of β-amino-alcohol motifs (C(OH)–C–C–N with tert-alkyl or cyclic N) is 1. The Labute approximate surface area is 162 Å². The van der Waals surface area contributed by atoms with Crippen LogP contribution in [0.25, 0.3) is 11.1 Å². The smallest absolute Gasteiger partial charge is 0.0558 e. The molecule has 26 heavy (non-hydrogen) atoms. The first kappa shape index (κ1) is 19.4. The third-order valence-corrected chi connectivity index (χ3v) is 5.55. The van der Waals surface area contributed by atoms with Gasteiger partial charge in [-0.15, -0.1) is 0 Å². The van der Waals surface area contributed by atoms with Gasteiger partial charge in [0.25, 0.3) is 0 Å². The molecule has 1 atom stereocenters. The predicted octanol–water partition coefficient (Wildman–Crippen LogP) is 4.46. The minimum absolute atomic E-state index is 0.255. The summed E-state index contributed by atoms with van der Waals surface area (Å²) >= 11 is 5.99. The maximum atomic E-state index is 9.13. The summed E-state index contributed by atoms with van der Waals surface area (Å²) < 4.78 is 0. The molecule has 140 valence electrons. The Hall–Kier alpha value is -1.39. The maximum Gasteiger partial charge on any atom is 0.0558 e. The first-order valence-corrected chi connectivity index (χ1v) is 10.0. The van der Waals surface area contributed by atoms with Crippen molar-refractivity contribution in [2.45, 2.75) is 25.8 Å². The maximum absolute atomic E-state index is 9.13.